The van der Waals surface area contributed by atoms with Gasteiger partial charge >= 0.3 is 0 Å². The number of likely N-dealkylation sites (tertiary alicyclic amines) is 1. The van der Waals surface area contributed by atoms with Gasteiger partial charge in [-0.25, -0.2) is 4.39 Å². The Bertz CT molecular complexity index is 1020. The molecule has 0 aliphatic carbocycles. The van der Waals surface area contributed by atoms with Crippen LogP contribution in [0.15, 0.2) is 40.8 Å². The van der Waals surface area contributed by atoms with Gasteiger partial charge in [0, 0.05) is 37.7 Å². The molecule has 0 spiro atoms. The lowest BCUT2D eigenvalue weighted by atomic mass is 9.95. The predicted molar refractivity (Wildman–Crippen MR) is 104 cm³/mol. The Labute approximate surface area is 167 Å². The van der Waals surface area contributed by atoms with E-state index in [-0.39, 0.29) is 11.7 Å². The lowest BCUT2D eigenvalue weighted by molar-refractivity contribution is 0.0679. The fourth-order valence-corrected chi connectivity index (χ4v) is 4.14. The first-order chi connectivity index (χ1) is 14.2. The number of aromatic nitrogens is 3. The zero-order valence-corrected chi connectivity index (χ0v) is 16.0. The van der Waals surface area contributed by atoms with Crippen molar-refractivity contribution in [2.24, 2.45) is 0 Å². The third kappa shape index (κ3) is 3.44. The van der Waals surface area contributed by atoms with Gasteiger partial charge in [0.2, 0.25) is 0 Å². The van der Waals surface area contributed by atoms with Gasteiger partial charge < -0.3 is 19.2 Å². The van der Waals surface area contributed by atoms with E-state index >= 15 is 0 Å². The molecule has 150 valence electrons. The van der Waals surface area contributed by atoms with Crippen LogP contribution in [-0.4, -0.2) is 45.2 Å². The van der Waals surface area contributed by atoms with Crippen LogP contribution in [0, 0.1) is 5.82 Å². The Kier molecular flexibility index (Phi) is 4.63. The highest BCUT2D eigenvalue weighted by Crippen LogP contribution is 2.29. The highest BCUT2D eigenvalue weighted by Gasteiger charge is 2.30. The molecular formula is C21H22FN5O2. The Hall–Kier alpha value is -3.00. The van der Waals surface area contributed by atoms with Crippen molar-refractivity contribution in [3.63, 3.8) is 0 Å². The molecule has 29 heavy (non-hydrogen) atoms. The zero-order valence-electron chi connectivity index (χ0n) is 16.0. The molecule has 0 bridgehead atoms. The van der Waals surface area contributed by atoms with Gasteiger partial charge in [-0.1, -0.05) is 0 Å². The standard InChI is InChI=1S/C21H22FN5O2/c22-16-3-1-14(2-4-16)17-5-6-18(29-17)21(28)26-10-7-15(8-11-26)20-25-24-19-13-23-9-12-27(19)20/h1-6,15,23H,7-13H2. The van der Waals surface area contributed by atoms with Crippen LogP contribution in [0.4, 0.5) is 4.39 Å². The first-order valence-electron chi connectivity index (χ1n) is 9.97. The van der Waals surface area contributed by atoms with Crippen LogP contribution in [0.1, 0.15) is 41.0 Å². The van der Waals surface area contributed by atoms with E-state index in [9.17, 15) is 9.18 Å². The summed E-state index contributed by atoms with van der Waals surface area (Å²) in [5.74, 6) is 2.83. The number of hydrogen-bond acceptors (Lipinski definition) is 5. The topological polar surface area (TPSA) is 76.2 Å². The average Bonchev–Trinajstić information content (AvgIpc) is 3.42. The maximum atomic E-state index is 13.1. The molecule has 3 aromatic rings. The van der Waals surface area contributed by atoms with Gasteiger partial charge in [-0.15, -0.1) is 10.2 Å². The second kappa shape index (κ2) is 7.44. The molecule has 1 N–H and O–H groups in total. The van der Waals surface area contributed by atoms with Gasteiger partial charge in [0.05, 0.1) is 6.54 Å². The molecule has 7 nitrogen and oxygen atoms in total. The van der Waals surface area contributed by atoms with Gasteiger partial charge in [-0.2, -0.15) is 0 Å². The van der Waals surface area contributed by atoms with Crippen molar-refractivity contribution < 1.29 is 13.6 Å². The normalized spacial score (nSPS) is 17.3. The molecule has 8 heteroatoms. The number of carbonyl (C=O) groups excluding carboxylic acids is 1. The molecule has 4 heterocycles. The van der Waals surface area contributed by atoms with Crippen molar-refractivity contribution in [3.8, 4) is 11.3 Å². The largest absolute Gasteiger partial charge is 0.451 e. The van der Waals surface area contributed by atoms with E-state index in [1.807, 2.05) is 4.90 Å². The summed E-state index contributed by atoms with van der Waals surface area (Å²) in [6.45, 7) is 3.92. The second-order valence-electron chi connectivity index (χ2n) is 7.54. The number of rotatable bonds is 3. The van der Waals surface area contributed by atoms with Crippen LogP contribution >= 0.6 is 0 Å². The summed E-state index contributed by atoms with van der Waals surface area (Å²) in [4.78, 5) is 14.7. The van der Waals surface area contributed by atoms with Gasteiger partial charge in [0.15, 0.2) is 5.76 Å². The lowest BCUT2D eigenvalue weighted by Gasteiger charge is -2.31. The van der Waals surface area contributed by atoms with Crippen molar-refractivity contribution in [1.29, 1.82) is 0 Å². The lowest BCUT2D eigenvalue weighted by Crippen LogP contribution is -2.38. The summed E-state index contributed by atoms with van der Waals surface area (Å²) < 4.78 is 21.1. The number of benzene rings is 1. The molecule has 1 aromatic carbocycles. The molecular weight excluding hydrogens is 373 g/mol. The first kappa shape index (κ1) is 18.1. The minimum Gasteiger partial charge on any atom is -0.451 e. The van der Waals surface area contributed by atoms with E-state index in [2.05, 4.69) is 20.1 Å². The predicted octanol–water partition coefficient (Wildman–Crippen LogP) is 2.80. The van der Waals surface area contributed by atoms with Crippen LogP contribution in [-0.2, 0) is 13.1 Å². The van der Waals surface area contributed by atoms with Crippen LogP contribution in [0.5, 0.6) is 0 Å². The number of nitrogens with zero attached hydrogens (tertiary/aromatic N) is 4. The highest BCUT2D eigenvalue weighted by molar-refractivity contribution is 5.92. The SMILES string of the molecule is O=C(c1ccc(-c2ccc(F)cc2)o1)N1CCC(c2nnc3n2CCNC3)CC1. The molecule has 2 aromatic heterocycles. The fraction of sp³-hybridized carbons (Fsp3) is 0.381. The zero-order chi connectivity index (χ0) is 19.8. The van der Waals surface area contributed by atoms with Crippen molar-refractivity contribution >= 4 is 5.91 Å². The van der Waals surface area contributed by atoms with Crippen molar-refractivity contribution in [2.45, 2.75) is 31.8 Å². The van der Waals surface area contributed by atoms with E-state index in [4.69, 9.17) is 4.42 Å². The van der Waals surface area contributed by atoms with Crippen LogP contribution in [0.2, 0.25) is 0 Å². The maximum Gasteiger partial charge on any atom is 0.289 e. The number of furan rings is 1. The number of piperidine rings is 1. The van der Waals surface area contributed by atoms with Gasteiger partial charge in [-0.3, -0.25) is 4.79 Å². The molecule has 2 aliphatic heterocycles. The molecule has 0 unspecified atom stereocenters. The number of amides is 1. The van der Waals surface area contributed by atoms with Crippen LogP contribution < -0.4 is 5.32 Å². The number of hydrogen-bond donors (Lipinski definition) is 1. The fourth-order valence-electron chi connectivity index (χ4n) is 4.14. The van der Waals surface area contributed by atoms with E-state index in [0.29, 0.717) is 30.5 Å². The van der Waals surface area contributed by atoms with Crippen LogP contribution in [0.3, 0.4) is 0 Å². The molecule has 1 fully saturated rings. The Morgan fingerprint density at radius 1 is 1.07 bits per heavy atom. The second-order valence-corrected chi connectivity index (χ2v) is 7.54. The van der Waals surface area contributed by atoms with Gasteiger partial charge in [0.1, 0.15) is 23.2 Å². The van der Waals surface area contributed by atoms with Crippen molar-refractivity contribution in [2.75, 3.05) is 19.6 Å². The molecule has 5 rings (SSSR count). The number of halogens is 1. The number of nitrogens with one attached hydrogen (secondary N) is 1. The van der Waals surface area contributed by atoms with Crippen molar-refractivity contribution in [3.05, 3.63) is 59.6 Å². The summed E-state index contributed by atoms with van der Waals surface area (Å²) in [5, 5.41) is 12.0. The van der Waals surface area contributed by atoms with Gasteiger partial charge in [0.25, 0.3) is 5.91 Å². The first-order valence-corrected chi connectivity index (χ1v) is 9.97. The molecule has 1 amide bonds. The maximum absolute atomic E-state index is 13.1. The average molecular weight is 395 g/mol. The third-order valence-electron chi connectivity index (χ3n) is 5.74. The third-order valence-corrected chi connectivity index (χ3v) is 5.74. The van der Waals surface area contributed by atoms with E-state index in [1.54, 1.807) is 24.3 Å². The molecule has 0 atom stereocenters. The Morgan fingerprint density at radius 3 is 2.66 bits per heavy atom. The van der Waals surface area contributed by atoms with E-state index in [1.165, 1.54) is 12.1 Å². The molecule has 0 saturated carbocycles. The summed E-state index contributed by atoms with van der Waals surface area (Å²) >= 11 is 0. The Morgan fingerprint density at radius 2 is 1.86 bits per heavy atom. The van der Waals surface area contributed by atoms with Crippen LogP contribution in [0.25, 0.3) is 11.3 Å². The monoisotopic (exact) mass is 395 g/mol. The number of carbonyl (C=O) groups is 1. The molecule has 1 saturated heterocycles. The minimum absolute atomic E-state index is 0.107. The summed E-state index contributed by atoms with van der Waals surface area (Å²) in [6, 6.07) is 9.48. The smallest absolute Gasteiger partial charge is 0.289 e. The molecule has 2 aliphatic rings. The van der Waals surface area contributed by atoms with Crippen molar-refractivity contribution in [1.82, 2.24) is 25.0 Å². The minimum atomic E-state index is -0.301. The number of fused-ring (bicyclic) bond motifs is 1. The Balaban J connectivity index is 1.25. The van der Waals surface area contributed by atoms with E-state index < -0.39 is 0 Å². The van der Waals surface area contributed by atoms with E-state index in [0.717, 1.165) is 49.7 Å². The van der Waals surface area contributed by atoms with Gasteiger partial charge in [-0.05, 0) is 49.2 Å². The summed E-state index contributed by atoms with van der Waals surface area (Å²) in [7, 11) is 0. The summed E-state index contributed by atoms with van der Waals surface area (Å²) in [5.41, 5.74) is 0.746. The molecule has 0 radical (unpaired) electrons. The summed E-state index contributed by atoms with van der Waals surface area (Å²) in [6.07, 6.45) is 1.73. The quantitative estimate of drug-likeness (QED) is 0.738. The highest BCUT2D eigenvalue weighted by atomic mass is 19.1.